The van der Waals surface area contributed by atoms with Crippen LogP contribution in [0.25, 0.3) is 0 Å². The Morgan fingerprint density at radius 1 is 0.881 bits per heavy atom. The lowest BCUT2D eigenvalue weighted by Gasteiger charge is -2.40. The van der Waals surface area contributed by atoms with E-state index in [9.17, 15) is 14.4 Å². The average Bonchev–Trinajstić information content (AvgIpc) is 3.43. The summed E-state index contributed by atoms with van der Waals surface area (Å²) in [5, 5.41) is 6.57. The Labute approximate surface area is 254 Å². The molecule has 42 heavy (non-hydrogen) atoms. The first-order chi connectivity index (χ1) is 20.2. The molecule has 3 aromatic rings. The highest BCUT2D eigenvalue weighted by Crippen LogP contribution is 2.54. The molecule has 2 atom stereocenters. The van der Waals surface area contributed by atoms with E-state index in [1.54, 1.807) is 68.1 Å². The molecule has 10 heteroatoms. The van der Waals surface area contributed by atoms with Gasteiger partial charge >= 0.3 is 11.9 Å². The van der Waals surface area contributed by atoms with Crippen LogP contribution in [-0.2, 0) is 30.4 Å². The smallest absolute Gasteiger partial charge is 0.355 e. The molecule has 2 aliphatic rings. The topological polar surface area (TPSA) is 88.5 Å². The van der Waals surface area contributed by atoms with Gasteiger partial charge in [0.25, 0.3) is 5.91 Å². The molecular weight excluding hydrogens is 577 g/mol. The molecule has 0 aromatic heterocycles. The number of amides is 1. The summed E-state index contributed by atoms with van der Waals surface area (Å²) >= 11 is 12.8. The van der Waals surface area contributed by atoms with E-state index < -0.39 is 29.3 Å². The van der Waals surface area contributed by atoms with Crippen LogP contribution >= 0.6 is 23.2 Å². The Balaban J connectivity index is 1.85. The second kappa shape index (κ2) is 12.0. The van der Waals surface area contributed by atoms with Crippen LogP contribution in [0.2, 0.25) is 10.0 Å². The van der Waals surface area contributed by atoms with Crippen molar-refractivity contribution in [2.24, 2.45) is 5.10 Å². The minimum Gasteiger partial charge on any atom is -0.463 e. The van der Waals surface area contributed by atoms with Gasteiger partial charge in [-0.15, -0.1) is 0 Å². The fourth-order valence-electron chi connectivity index (χ4n) is 5.71. The van der Waals surface area contributed by atoms with Crippen LogP contribution in [0.4, 0.5) is 5.69 Å². The van der Waals surface area contributed by atoms with E-state index in [0.29, 0.717) is 22.0 Å². The van der Waals surface area contributed by atoms with Gasteiger partial charge < -0.3 is 14.4 Å². The highest BCUT2D eigenvalue weighted by atomic mass is 35.5. The van der Waals surface area contributed by atoms with Gasteiger partial charge in [0.15, 0.2) is 5.54 Å². The zero-order valence-electron chi connectivity index (χ0n) is 23.3. The van der Waals surface area contributed by atoms with Crippen LogP contribution < -0.4 is 5.01 Å². The van der Waals surface area contributed by atoms with Crippen molar-refractivity contribution < 1.29 is 23.9 Å². The summed E-state index contributed by atoms with van der Waals surface area (Å²) in [6, 6.07) is 23.2. The van der Waals surface area contributed by atoms with E-state index >= 15 is 0 Å². The number of carbonyl (C=O) groups excluding carboxylic acids is 3. The molecule has 0 fully saturated rings. The first kappa shape index (κ1) is 29.4. The maximum Gasteiger partial charge on any atom is 0.355 e. The molecule has 3 aromatic carbocycles. The summed E-state index contributed by atoms with van der Waals surface area (Å²) in [7, 11) is 0. The molecule has 216 valence electrons. The SMILES string of the molecule is CCOC(=O)C1=C(C(=O)OCC)N(Cc2ccccc2)C2(C(=O)N(c3ccccc3)N=C2C)C1c1ccc(Cl)c(Cl)c1. The number of para-hydroxylation sites is 1. The predicted octanol–water partition coefficient (Wildman–Crippen LogP) is 6.13. The normalized spacial score (nSPS) is 19.9. The Morgan fingerprint density at radius 2 is 1.50 bits per heavy atom. The third-order valence-corrected chi connectivity index (χ3v) is 8.14. The summed E-state index contributed by atoms with van der Waals surface area (Å²) in [6.07, 6.45) is 0. The third kappa shape index (κ3) is 4.84. The fourth-order valence-corrected chi connectivity index (χ4v) is 6.02. The number of nitrogens with zero attached hydrogens (tertiary/aromatic N) is 3. The standard InChI is InChI=1S/C32H29Cl2N3O5/c1-4-41-29(38)26-27(22-16-17-24(33)25(34)18-22)32(20(3)35-37(31(32)40)23-14-10-7-11-15-23)36(28(26)30(39)42-5-2)19-21-12-8-6-9-13-21/h6-18,27H,4-5,19H2,1-3H3. The van der Waals surface area contributed by atoms with E-state index in [-0.39, 0.29) is 36.1 Å². The zero-order valence-corrected chi connectivity index (χ0v) is 24.9. The molecule has 8 nitrogen and oxygen atoms in total. The van der Waals surface area contributed by atoms with Gasteiger partial charge in [0.1, 0.15) is 5.70 Å². The number of benzene rings is 3. The number of hydrogen-bond acceptors (Lipinski definition) is 7. The molecule has 0 saturated heterocycles. The lowest BCUT2D eigenvalue weighted by Crippen LogP contribution is -2.59. The van der Waals surface area contributed by atoms with Crippen LogP contribution in [0.5, 0.6) is 0 Å². The van der Waals surface area contributed by atoms with Gasteiger partial charge in [-0.25, -0.2) is 9.59 Å². The predicted molar refractivity (Wildman–Crippen MR) is 161 cm³/mol. The molecule has 0 aliphatic carbocycles. The minimum atomic E-state index is -1.65. The number of carbonyl (C=O) groups is 3. The van der Waals surface area contributed by atoms with Crippen LogP contribution in [0.3, 0.4) is 0 Å². The second-order valence-electron chi connectivity index (χ2n) is 9.79. The van der Waals surface area contributed by atoms with E-state index in [2.05, 4.69) is 0 Å². The lowest BCUT2D eigenvalue weighted by molar-refractivity contribution is -0.143. The molecule has 5 rings (SSSR count). The van der Waals surface area contributed by atoms with Gasteiger partial charge in [0.2, 0.25) is 0 Å². The quantitative estimate of drug-likeness (QED) is 0.287. The number of ether oxygens (including phenoxy) is 2. The Bertz CT molecular complexity index is 1590. The zero-order chi connectivity index (χ0) is 30.0. The molecule has 0 saturated carbocycles. The second-order valence-corrected chi connectivity index (χ2v) is 10.6. The minimum absolute atomic E-state index is 0.0116. The maximum atomic E-state index is 14.9. The van der Waals surface area contributed by atoms with Crippen molar-refractivity contribution in [2.75, 3.05) is 18.2 Å². The largest absolute Gasteiger partial charge is 0.463 e. The molecular formula is C32H29Cl2N3O5. The summed E-state index contributed by atoms with van der Waals surface area (Å²) < 4.78 is 11.0. The number of anilines is 1. The number of hydrogen-bond donors (Lipinski definition) is 0. The number of hydrazone groups is 1. The van der Waals surface area contributed by atoms with Gasteiger partial charge in [0.05, 0.1) is 46.1 Å². The van der Waals surface area contributed by atoms with Crippen molar-refractivity contribution in [3.8, 4) is 0 Å². The average molecular weight is 607 g/mol. The molecule has 2 unspecified atom stereocenters. The summed E-state index contributed by atoms with van der Waals surface area (Å²) in [5.74, 6) is -2.98. The van der Waals surface area contributed by atoms with E-state index in [1.165, 1.54) is 5.01 Å². The van der Waals surface area contributed by atoms with Crippen LogP contribution in [0.15, 0.2) is 95.2 Å². The molecule has 0 radical (unpaired) electrons. The Morgan fingerprint density at radius 3 is 2.12 bits per heavy atom. The highest BCUT2D eigenvalue weighted by Gasteiger charge is 2.67. The van der Waals surface area contributed by atoms with E-state index in [0.717, 1.165) is 5.56 Å². The van der Waals surface area contributed by atoms with Crippen molar-refractivity contribution in [1.29, 1.82) is 0 Å². The van der Waals surface area contributed by atoms with Gasteiger partial charge in [0, 0.05) is 6.54 Å². The van der Waals surface area contributed by atoms with Crippen molar-refractivity contribution in [1.82, 2.24) is 4.90 Å². The van der Waals surface area contributed by atoms with E-state index in [1.807, 2.05) is 36.4 Å². The molecule has 0 N–H and O–H groups in total. The van der Waals surface area contributed by atoms with Crippen molar-refractivity contribution >= 4 is 52.4 Å². The number of halogens is 2. The van der Waals surface area contributed by atoms with Gasteiger partial charge in [-0.05, 0) is 56.2 Å². The number of rotatable bonds is 8. The van der Waals surface area contributed by atoms with Crippen molar-refractivity contribution in [3.63, 3.8) is 0 Å². The maximum absolute atomic E-state index is 14.9. The van der Waals surface area contributed by atoms with E-state index in [4.69, 9.17) is 37.8 Å². The van der Waals surface area contributed by atoms with Gasteiger partial charge in [-0.1, -0.05) is 77.8 Å². The summed E-state index contributed by atoms with van der Waals surface area (Å²) in [4.78, 5) is 44.2. The first-order valence-electron chi connectivity index (χ1n) is 13.6. The summed E-state index contributed by atoms with van der Waals surface area (Å²) in [5.41, 5.74) is 0.485. The molecule has 1 spiro atoms. The van der Waals surface area contributed by atoms with Gasteiger partial charge in [-0.2, -0.15) is 10.1 Å². The highest BCUT2D eigenvalue weighted by molar-refractivity contribution is 6.42. The molecule has 1 amide bonds. The molecule has 2 aliphatic heterocycles. The monoisotopic (exact) mass is 605 g/mol. The molecule has 0 bridgehead atoms. The Kier molecular flexibility index (Phi) is 8.38. The van der Waals surface area contributed by atoms with Crippen molar-refractivity contribution in [2.45, 2.75) is 38.8 Å². The third-order valence-electron chi connectivity index (χ3n) is 7.40. The fraction of sp³-hybridized carbons (Fsp3) is 0.250. The summed E-state index contributed by atoms with van der Waals surface area (Å²) in [6.45, 7) is 5.27. The van der Waals surface area contributed by atoms with Crippen molar-refractivity contribution in [3.05, 3.63) is 111 Å². The Hall–Kier alpha value is -4.14. The van der Waals surface area contributed by atoms with Gasteiger partial charge in [-0.3, -0.25) is 4.79 Å². The lowest BCUT2D eigenvalue weighted by atomic mass is 9.73. The first-order valence-corrected chi connectivity index (χ1v) is 14.3. The van der Waals surface area contributed by atoms with Crippen LogP contribution in [-0.4, -0.2) is 47.2 Å². The van der Waals surface area contributed by atoms with Crippen LogP contribution in [0, 0.1) is 0 Å². The number of esters is 2. The molecule has 2 heterocycles. The van der Waals surface area contributed by atoms with Crippen LogP contribution in [0.1, 0.15) is 37.8 Å².